The van der Waals surface area contributed by atoms with E-state index >= 15 is 0 Å². The summed E-state index contributed by atoms with van der Waals surface area (Å²) < 4.78 is 0. The second-order valence-corrected chi connectivity index (χ2v) is 12.3. The summed E-state index contributed by atoms with van der Waals surface area (Å²) >= 11 is 0. The molecule has 2 heteroatoms. The Morgan fingerprint density at radius 2 is 1.50 bits per heavy atom. The lowest BCUT2D eigenvalue weighted by atomic mass is 10.1. The Hall–Kier alpha value is -1.64. The van der Waals surface area contributed by atoms with Gasteiger partial charge in [0.05, 0.1) is 14.1 Å². The van der Waals surface area contributed by atoms with Crippen molar-refractivity contribution in [1.82, 2.24) is 4.90 Å². The molecule has 1 saturated heterocycles. The van der Waals surface area contributed by atoms with Crippen molar-refractivity contribution in [2.75, 3.05) is 0 Å². The monoisotopic (exact) mass is 307 g/mol. The highest BCUT2D eigenvalue weighted by atomic mass is 28.3. The molecular formula is C20H25NSi. The molecule has 0 amide bonds. The summed E-state index contributed by atoms with van der Waals surface area (Å²) in [5.74, 6) is 0. The quantitative estimate of drug-likeness (QED) is 0.552. The molecule has 0 aromatic heterocycles. The van der Waals surface area contributed by atoms with E-state index in [2.05, 4.69) is 97.0 Å². The van der Waals surface area contributed by atoms with Crippen LogP contribution in [0.2, 0.25) is 19.6 Å². The van der Waals surface area contributed by atoms with Crippen molar-refractivity contribution >= 4 is 8.07 Å². The fourth-order valence-corrected chi connectivity index (χ4v) is 3.71. The van der Waals surface area contributed by atoms with Crippen molar-refractivity contribution in [3.63, 3.8) is 0 Å². The Kier molecular flexibility index (Phi) is 4.32. The molecule has 0 N–H and O–H groups in total. The van der Waals surface area contributed by atoms with Crippen molar-refractivity contribution in [1.29, 1.82) is 0 Å². The van der Waals surface area contributed by atoms with Gasteiger partial charge in [-0.2, -0.15) is 0 Å². The molecule has 114 valence electrons. The Bertz CT molecular complexity index is 628. The van der Waals surface area contributed by atoms with Crippen LogP contribution in [0.1, 0.15) is 17.2 Å². The van der Waals surface area contributed by atoms with Crippen LogP contribution in [0.4, 0.5) is 0 Å². The first-order valence-electron chi connectivity index (χ1n) is 8.08. The summed E-state index contributed by atoms with van der Waals surface area (Å²) in [6.07, 6.45) is 2.45. The van der Waals surface area contributed by atoms with E-state index in [4.69, 9.17) is 0 Å². The van der Waals surface area contributed by atoms with Gasteiger partial charge in [0.2, 0.25) is 0 Å². The Balaban J connectivity index is 1.78. The summed E-state index contributed by atoms with van der Waals surface area (Å²) in [4.78, 5) is 2.58. The maximum Gasteiger partial charge on any atom is 0.0683 e. The summed E-state index contributed by atoms with van der Waals surface area (Å²) in [6.45, 7) is 8.21. The third-order valence-corrected chi connectivity index (χ3v) is 5.31. The lowest BCUT2D eigenvalue weighted by molar-refractivity contribution is 0.493. The third kappa shape index (κ3) is 3.76. The Labute approximate surface area is 135 Å². The average Bonchev–Trinajstić information content (AvgIpc) is 3.19. The summed E-state index contributed by atoms with van der Waals surface area (Å²) in [5, 5.41) is 0. The molecular weight excluding hydrogens is 282 g/mol. The normalized spacial score (nSPS) is 24.6. The van der Waals surface area contributed by atoms with Crippen LogP contribution in [0, 0.1) is 0 Å². The van der Waals surface area contributed by atoms with Crippen LogP contribution >= 0.6 is 0 Å². The molecule has 3 rings (SSSR count). The van der Waals surface area contributed by atoms with Gasteiger partial charge in [-0.3, -0.25) is 4.90 Å². The molecule has 1 unspecified atom stereocenters. The van der Waals surface area contributed by atoms with Crippen LogP contribution in [-0.2, 0) is 6.54 Å². The molecule has 2 aromatic rings. The number of rotatable bonds is 5. The van der Waals surface area contributed by atoms with E-state index in [1.54, 1.807) is 0 Å². The first-order valence-corrected chi connectivity index (χ1v) is 11.7. The minimum absolute atomic E-state index is 0.536. The van der Waals surface area contributed by atoms with Crippen LogP contribution in [-0.4, -0.2) is 19.0 Å². The molecule has 2 aromatic carbocycles. The lowest BCUT2D eigenvalue weighted by Crippen LogP contribution is -2.16. The molecule has 0 bridgehead atoms. The Morgan fingerprint density at radius 3 is 2.09 bits per heavy atom. The van der Waals surface area contributed by atoms with E-state index in [0.717, 1.165) is 6.54 Å². The highest BCUT2D eigenvalue weighted by Crippen LogP contribution is 2.45. The van der Waals surface area contributed by atoms with E-state index in [9.17, 15) is 0 Å². The minimum atomic E-state index is -1.14. The van der Waals surface area contributed by atoms with Gasteiger partial charge in [-0.1, -0.05) is 92.1 Å². The van der Waals surface area contributed by atoms with Crippen molar-refractivity contribution in [3.05, 3.63) is 83.6 Å². The van der Waals surface area contributed by atoms with Gasteiger partial charge in [-0.25, -0.2) is 0 Å². The molecule has 3 atom stereocenters. The van der Waals surface area contributed by atoms with Crippen LogP contribution in [0.15, 0.2) is 72.4 Å². The van der Waals surface area contributed by atoms with Crippen LogP contribution in [0.3, 0.4) is 0 Å². The fraction of sp³-hybridized carbons (Fsp3) is 0.300. The van der Waals surface area contributed by atoms with Crippen LogP contribution in [0.5, 0.6) is 0 Å². The van der Waals surface area contributed by atoms with Crippen molar-refractivity contribution < 1.29 is 0 Å². The molecule has 1 aliphatic heterocycles. The molecule has 1 fully saturated rings. The standard InChI is InChI=1S/C20H25NSi/c1-22(2,3)15-14-19-20(18-12-8-5-9-13-18)21(19)16-17-10-6-4-7-11-17/h4-15,19-20H,16H2,1-3H3/b15-14+/t19-,20+,21?/m0/s1. The molecule has 0 saturated carbocycles. The number of benzene rings is 2. The SMILES string of the molecule is C[Si](C)(C)/C=C/[C@H]1[C@@H](c2ccccc2)N1Cc1ccccc1. The first kappa shape index (κ1) is 15.3. The van der Waals surface area contributed by atoms with Gasteiger partial charge in [0, 0.05) is 12.6 Å². The predicted octanol–water partition coefficient (Wildman–Crippen LogP) is 5.05. The van der Waals surface area contributed by atoms with Gasteiger partial charge < -0.3 is 0 Å². The molecule has 1 nitrogen and oxygen atoms in total. The second-order valence-electron chi connectivity index (χ2n) is 7.23. The maximum atomic E-state index is 2.58. The smallest absolute Gasteiger partial charge is 0.0683 e. The van der Waals surface area contributed by atoms with Gasteiger partial charge in [-0.05, 0) is 11.1 Å². The molecule has 1 aliphatic rings. The van der Waals surface area contributed by atoms with Crippen molar-refractivity contribution in [3.8, 4) is 0 Å². The van der Waals surface area contributed by atoms with E-state index < -0.39 is 8.07 Å². The zero-order valence-corrected chi connectivity index (χ0v) is 14.7. The topological polar surface area (TPSA) is 3.01 Å². The van der Waals surface area contributed by atoms with Crippen molar-refractivity contribution in [2.45, 2.75) is 38.3 Å². The van der Waals surface area contributed by atoms with Crippen molar-refractivity contribution in [2.24, 2.45) is 0 Å². The van der Waals surface area contributed by atoms with Crippen LogP contribution < -0.4 is 0 Å². The highest BCUT2D eigenvalue weighted by Gasteiger charge is 2.46. The molecule has 0 spiro atoms. The van der Waals surface area contributed by atoms with E-state index in [1.165, 1.54) is 11.1 Å². The van der Waals surface area contributed by atoms with E-state index in [0.29, 0.717) is 12.1 Å². The Morgan fingerprint density at radius 1 is 0.909 bits per heavy atom. The highest BCUT2D eigenvalue weighted by molar-refractivity contribution is 6.80. The number of hydrogen-bond acceptors (Lipinski definition) is 1. The summed E-state index contributed by atoms with van der Waals surface area (Å²) in [6, 6.07) is 22.8. The van der Waals surface area contributed by atoms with Gasteiger partial charge in [0.1, 0.15) is 0 Å². The van der Waals surface area contributed by atoms with Gasteiger partial charge >= 0.3 is 0 Å². The zero-order chi connectivity index (χ0) is 15.6. The fourth-order valence-electron chi connectivity index (χ4n) is 2.94. The first-order chi connectivity index (χ1) is 10.5. The third-order valence-electron chi connectivity index (χ3n) is 4.12. The molecule has 0 radical (unpaired) electrons. The second kappa shape index (κ2) is 6.23. The zero-order valence-electron chi connectivity index (χ0n) is 13.7. The van der Waals surface area contributed by atoms with Gasteiger partial charge in [-0.15, -0.1) is 0 Å². The predicted molar refractivity (Wildman–Crippen MR) is 97.4 cm³/mol. The van der Waals surface area contributed by atoms with E-state index in [-0.39, 0.29) is 0 Å². The summed E-state index contributed by atoms with van der Waals surface area (Å²) in [7, 11) is -1.14. The molecule has 22 heavy (non-hydrogen) atoms. The summed E-state index contributed by atoms with van der Waals surface area (Å²) in [5.41, 5.74) is 5.31. The molecule has 1 heterocycles. The minimum Gasteiger partial charge on any atom is -0.282 e. The van der Waals surface area contributed by atoms with Gasteiger partial charge in [0.15, 0.2) is 0 Å². The van der Waals surface area contributed by atoms with Gasteiger partial charge in [0.25, 0.3) is 0 Å². The van der Waals surface area contributed by atoms with E-state index in [1.807, 2.05) is 0 Å². The lowest BCUT2D eigenvalue weighted by Gasteiger charge is -2.08. The maximum absolute atomic E-state index is 2.58. The average molecular weight is 308 g/mol. The molecule has 0 aliphatic carbocycles. The number of nitrogens with zero attached hydrogens (tertiary/aromatic N) is 1. The van der Waals surface area contributed by atoms with Crippen LogP contribution in [0.25, 0.3) is 0 Å². The number of hydrogen-bond donors (Lipinski definition) is 0. The largest absolute Gasteiger partial charge is 0.282 e.